The predicted molar refractivity (Wildman–Crippen MR) is 590 cm³/mol. The average Bonchev–Trinajstić information content (AvgIpc) is 1.68. The van der Waals surface area contributed by atoms with Gasteiger partial charge in [0.2, 0.25) is 11.8 Å². The van der Waals surface area contributed by atoms with E-state index in [2.05, 4.69) is 278 Å². The summed E-state index contributed by atoms with van der Waals surface area (Å²) in [5, 5.41) is 0. The van der Waals surface area contributed by atoms with Crippen molar-refractivity contribution in [1.82, 2.24) is 34.1 Å². The average molecular weight is 1840 g/mol. The molecule has 2 aromatic rings. The van der Waals surface area contributed by atoms with E-state index in [1.165, 1.54) is 146 Å². The third kappa shape index (κ3) is 76.7. The number of nitrogens with zero attached hydrogens (tertiary/aromatic N) is 9. The van der Waals surface area contributed by atoms with Gasteiger partial charge in [-0.05, 0) is 222 Å². The van der Waals surface area contributed by atoms with Gasteiger partial charge in [-0.2, -0.15) is 0 Å². The molecule has 5 saturated heterocycles. The number of carbonyl (C=O) groups is 5. The summed E-state index contributed by atoms with van der Waals surface area (Å²) >= 11 is 0. The highest BCUT2D eigenvalue weighted by Gasteiger charge is 2.31. The minimum Gasteiger partial charge on any atom is -0.367 e. The van der Waals surface area contributed by atoms with E-state index in [0.29, 0.717) is 73.5 Å². The number of hydrogen-bond acceptors (Lipinski definition) is 11. The first kappa shape index (κ1) is 145. The molecule has 1 aromatic carbocycles. The maximum atomic E-state index is 11.2. The Morgan fingerprint density at radius 3 is 1.15 bits per heavy atom. The van der Waals surface area contributed by atoms with Crippen molar-refractivity contribution in [1.29, 1.82) is 0 Å². The normalized spacial score (nSPS) is 16.8. The Morgan fingerprint density at radius 1 is 0.450 bits per heavy atom. The Labute approximate surface area is 819 Å². The molecule has 1 atom stereocenters. The molecule has 3 aliphatic carbocycles. The summed E-state index contributed by atoms with van der Waals surface area (Å²) in [6.45, 7) is 89.2. The third-order valence-corrected chi connectivity index (χ3v) is 22.1. The molecule has 1 aromatic heterocycles. The summed E-state index contributed by atoms with van der Waals surface area (Å²) in [6, 6.07) is 8.90. The minimum atomic E-state index is 0. The molecule has 7 aliphatic heterocycles. The fourth-order valence-electron chi connectivity index (χ4n) is 15.7. The largest absolute Gasteiger partial charge is 0.367 e. The monoisotopic (exact) mass is 1840 g/mol. The van der Waals surface area contributed by atoms with Crippen molar-refractivity contribution in [2.75, 3.05) is 65.4 Å². The van der Waals surface area contributed by atoms with Crippen LogP contribution in [0.4, 0.5) is 0 Å². The van der Waals surface area contributed by atoms with E-state index in [1.807, 2.05) is 54.1 Å². The summed E-state index contributed by atoms with van der Waals surface area (Å²) in [4.78, 5) is 78.2. The Morgan fingerprint density at radius 2 is 0.863 bits per heavy atom. The van der Waals surface area contributed by atoms with Crippen LogP contribution in [-0.4, -0.2) is 141 Å². The molecule has 1 unspecified atom stereocenters. The first-order chi connectivity index (χ1) is 57.3. The van der Waals surface area contributed by atoms with Crippen LogP contribution in [-0.2, 0) is 43.4 Å². The highest BCUT2D eigenvalue weighted by atomic mass is 16.2. The summed E-state index contributed by atoms with van der Waals surface area (Å²) in [5.41, 5.74) is 10.2. The van der Waals surface area contributed by atoms with Crippen molar-refractivity contribution >= 4 is 41.6 Å². The molecule has 14 nitrogen and oxygen atoms in total. The molecule has 0 bridgehead atoms. The zero-order valence-electron chi connectivity index (χ0n) is 84.4. The SMILES string of the molecule is C.C.C.C.C.C.C.C.C.C=C(C)C(C)C.C=C1CC(=O)CN1CC(C)C.C=C1CCC(=O)N1CC(C)C.C=C1CCC(=O)N1CC(C)C.CC(C)CC1=CCC=N1.CC(C)CC1=CN=CC1.CC(C)CC1CC(=O)CC1=O.CC(C)CC1CCCC1.CC(C)CC1Cc2ccccc2C1.CC(C)CN1CCCC1.CC(C)CN1CCCC1.CC(C)Cn1ccnc1.CCC(C)C. The second kappa shape index (κ2) is 84.4. The van der Waals surface area contributed by atoms with E-state index in [1.54, 1.807) is 11.1 Å². The fourth-order valence-corrected chi connectivity index (χ4v) is 15.7. The number of rotatable bonds is 24. The zero-order valence-corrected chi connectivity index (χ0v) is 84.4. The lowest BCUT2D eigenvalue weighted by Gasteiger charge is -2.19. The molecular weight excluding hydrogens is 1610 g/mol. The van der Waals surface area contributed by atoms with Gasteiger partial charge in [0.1, 0.15) is 11.6 Å². The van der Waals surface area contributed by atoms with Crippen LogP contribution >= 0.6 is 0 Å². The van der Waals surface area contributed by atoms with Gasteiger partial charge in [-0.25, -0.2) is 4.98 Å². The van der Waals surface area contributed by atoms with E-state index >= 15 is 0 Å². The molecule has 7 fully saturated rings. The number of fused-ring (bicyclic) bond motifs is 1. The van der Waals surface area contributed by atoms with Gasteiger partial charge in [0, 0.05) is 138 Å². The van der Waals surface area contributed by atoms with Gasteiger partial charge in [-0.1, -0.05) is 348 Å². The maximum Gasteiger partial charge on any atom is 0.227 e. The van der Waals surface area contributed by atoms with Crippen LogP contribution in [0.25, 0.3) is 0 Å². The van der Waals surface area contributed by atoms with Gasteiger partial charge in [0.15, 0.2) is 5.78 Å². The lowest BCUT2D eigenvalue weighted by atomic mass is 9.95. The summed E-state index contributed by atoms with van der Waals surface area (Å²) in [7, 11) is 0. The van der Waals surface area contributed by atoms with Crippen LogP contribution in [0.2, 0.25) is 0 Å². The molecule has 0 N–H and O–H groups in total. The fraction of sp³-hybridized carbons (Fsp3) is 0.761. The molecule has 10 aliphatic rings. The molecule has 14 heteroatoms. The van der Waals surface area contributed by atoms with Crippen LogP contribution < -0.4 is 0 Å². The van der Waals surface area contributed by atoms with Crippen molar-refractivity contribution in [2.24, 2.45) is 105 Å². The van der Waals surface area contributed by atoms with E-state index in [-0.39, 0.29) is 103 Å². The number of imidazole rings is 1. The minimum absolute atomic E-state index is 0. The Hall–Kier alpha value is -6.12. The van der Waals surface area contributed by atoms with Gasteiger partial charge in [-0.3, -0.25) is 34.0 Å². The second-order valence-electron chi connectivity index (χ2n) is 41.7. The molecule has 131 heavy (non-hydrogen) atoms. The first-order valence-corrected chi connectivity index (χ1v) is 48.8. The summed E-state index contributed by atoms with van der Waals surface area (Å²) < 4.78 is 2.09. The molecule has 770 valence electrons. The van der Waals surface area contributed by atoms with E-state index in [0.717, 1.165) is 135 Å². The molecule has 0 spiro atoms. The van der Waals surface area contributed by atoms with E-state index < -0.39 is 0 Å². The number of ketones is 3. The van der Waals surface area contributed by atoms with Crippen LogP contribution in [0.3, 0.4) is 0 Å². The Balaban J connectivity index is -0.000000151. The van der Waals surface area contributed by atoms with Gasteiger partial charge in [0.25, 0.3) is 0 Å². The van der Waals surface area contributed by atoms with Crippen LogP contribution in [0.1, 0.15) is 420 Å². The van der Waals surface area contributed by atoms with Crippen molar-refractivity contribution < 1.29 is 24.0 Å². The lowest BCUT2D eigenvalue weighted by Crippen LogP contribution is -2.26. The third-order valence-electron chi connectivity index (χ3n) is 22.1. The Bertz CT molecular complexity index is 3100. The molecule has 2 saturated carbocycles. The van der Waals surface area contributed by atoms with Gasteiger partial charge < -0.3 is 29.1 Å². The van der Waals surface area contributed by atoms with E-state index in [9.17, 15) is 24.0 Å². The van der Waals surface area contributed by atoms with Crippen molar-refractivity contribution in [2.45, 2.75) is 428 Å². The number of likely N-dealkylation sites (tertiary alicyclic amines) is 5. The van der Waals surface area contributed by atoms with Gasteiger partial charge in [-0.15, -0.1) is 0 Å². The highest BCUT2D eigenvalue weighted by Crippen LogP contribution is 2.32. The highest BCUT2D eigenvalue weighted by molar-refractivity contribution is 6.07. The van der Waals surface area contributed by atoms with Crippen molar-refractivity contribution in [3.8, 4) is 0 Å². The lowest BCUT2D eigenvalue weighted by molar-refractivity contribution is -0.127. The first-order valence-electron chi connectivity index (χ1n) is 48.8. The predicted octanol–water partition coefficient (Wildman–Crippen LogP) is 33.0. The number of Topliss-reactive ketones (excluding diaryl/α,β-unsaturated/α-hetero) is 3. The zero-order chi connectivity index (χ0) is 92.6. The Kier molecular flexibility index (Phi) is 93.5. The van der Waals surface area contributed by atoms with Crippen LogP contribution in [0.15, 0.2) is 125 Å². The topological polar surface area (TPSA) is 144 Å². The molecule has 8 heterocycles. The van der Waals surface area contributed by atoms with E-state index in [4.69, 9.17) is 0 Å². The molecule has 0 radical (unpaired) electrons. The smallest absolute Gasteiger partial charge is 0.227 e. The number of aliphatic imine (C=N–C) groups is 2. The van der Waals surface area contributed by atoms with Crippen LogP contribution in [0.5, 0.6) is 0 Å². The quantitative estimate of drug-likeness (QED) is 0.0741. The molecule has 2 amide bonds. The maximum absolute atomic E-state index is 11.2. The van der Waals surface area contributed by atoms with Gasteiger partial charge in [0.05, 0.1) is 19.3 Å². The standard InChI is InChI=1S/C13H18.3C9H15NO.C9H14O2.C9H18.2C8H13N.2C8H17N.C7H12N2.C6H12.C5H12.9CH4/c1-10(2)7-11-8-12-5-3-4-6-13(12)9-11;1-7(2)5-10-6-9(11)4-8(10)3;2*1-7(2)6-10-8(3)4-5-9(10)11;1-6(2)3-7-4-8(10)5-9(7)11;1-8(2)7-9-5-3-4-6-9;1-7(2)5-8-3-4-9-6-8;1-7(2)6-8-4-3-5-9-8;2*1-8(2)7-9-5-3-4-6-9;1-7(2)5-9-4-3-8-6-9;1-5(2)6(3)4;1-4-5(2)3;;;;;;;;;/h3-6,10-11H,7-9H2,1-2H3;3*7H,3-6H2,1-2H3;6-7H,3-5H2,1-2H3;8-9H,3-7H2,1-2H3;4,6-7H,3,5H2,1-2H3;4-5,7H,3,6H2,1-2H3;2*8H,3-7H2,1-2H3;3-4,6-7H,5H2,1-2H3;6H,1H2,2-4H3;5H,4H2,1-3H3;9*1H4. The number of hydrogen-bond donors (Lipinski definition) is 0. The summed E-state index contributed by atoms with van der Waals surface area (Å²) in [6.07, 6.45) is 41.9. The second-order valence-corrected chi connectivity index (χ2v) is 41.7. The van der Waals surface area contributed by atoms with Crippen molar-refractivity contribution in [3.05, 3.63) is 127 Å². The number of carbonyl (C=O) groups excluding carboxylic acids is 5. The van der Waals surface area contributed by atoms with Crippen LogP contribution in [0, 0.1) is 94.7 Å². The number of benzene rings is 1. The van der Waals surface area contributed by atoms with Gasteiger partial charge >= 0.3 is 0 Å². The molecule has 12 rings (SSSR count). The number of amides is 2. The number of aromatic nitrogens is 2. The summed E-state index contributed by atoms with van der Waals surface area (Å²) in [5.74, 6) is 12.6. The molecular formula is C117H227N9O5. The number of allylic oxidation sites excluding steroid dienone is 7. The van der Waals surface area contributed by atoms with Crippen molar-refractivity contribution in [3.63, 3.8) is 0 Å².